The standard InChI is InChI=1S/C26H26FN5O5S/c1-31-23-21(25(34)32(2)26(31)35)24(30-22(29-23)16-7-5-6-8-17(16)27)38-14-20(33)28-12-11-15-9-10-18(36-3)19(13-15)37-4/h5-10,13H,11-12,14H2,1-4H3,(H,28,33). The van der Waals surface area contributed by atoms with Crippen LogP contribution >= 0.6 is 11.8 Å². The zero-order valence-corrected chi connectivity index (χ0v) is 22.1. The zero-order chi connectivity index (χ0) is 27.4. The smallest absolute Gasteiger partial charge is 0.332 e. The van der Waals surface area contributed by atoms with Gasteiger partial charge in [-0.25, -0.2) is 19.2 Å². The van der Waals surface area contributed by atoms with Crippen LogP contribution < -0.4 is 26.0 Å². The largest absolute Gasteiger partial charge is 0.493 e. The molecular formula is C26H26FN5O5S. The molecule has 198 valence electrons. The van der Waals surface area contributed by atoms with E-state index in [0.717, 1.165) is 21.9 Å². The SMILES string of the molecule is COc1ccc(CCNC(=O)CSc2nc(-c3ccccc3F)nc3c2c(=O)n(C)c(=O)n3C)cc1OC. The first-order chi connectivity index (χ1) is 18.2. The number of benzene rings is 2. The summed E-state index contributed by atoms with van der Waals surface area (Å²) < 4.78 is 27.2. The van der Waals surface area contributed by atoms with Crippen molar-refractivity contribution in [1.82, 2.24) is 24.4 Å². The van der Waals surface area contributed by atoms with Crippen LogP contribution in [0.3, 0.4) is 0 Å². The average Bonchev–Trinajstić information content (AvgIpc) is 2.93. The number of hydrogen-bond acceptors (Lipinski definition) is 8. The van der Waals surface area contributed by atoms with E-state index in [0.29, 0.717) is 24.5 Å². The van der Waals surface area contributed by atoms with Crippen LogP contribution in [0.2, 0.25) is 0 Å². The Bertz CT molecular complexity index is 1640. The quantitative estimate of drug-likeness (QED) is 0.254. The van der Waals surface area contributed by atoms with Crippen molar-refractivity contribution in [2.75, 3.05) is 26.5 Å². The number of thioether (sulfide) groups is 1. The minimum Gasteiger partial charge on any atom is -0.493 e. The number of carbonyl (C=O) groups excluding carboxylic acids is 1. The van der Waals surface area contributed by atoms with Gasteiger partial charge >= 0.3 is 5.69 Å². The predicted octanol–water partition coefficient (Wildman–Crippen LogP) is 2.30. The molecule has 0 aliphatic carbocycles. The Kier molecular flexibility index (Phi) is 8.10. The summed E-state index contributed by atoms with van der Waals surface area (Å²) in [5.41, 5.74) is -0.0492. The average molecular weight is 540 g/mol. The fourth-order valence-corrected chi connectivity index (χ4v) is 4.71. The normalized spacial score (nSPS) is 11.0. The van der Waals surface area contributed by atoms with Gasteiger partial charge in [0.1, 0.15) is 16.2 Å². The van der Waals surface area contributed by atoms with Gasteiger partial charge in [0.2, 0.25) is 5.91 Å². The molecule has 0 saturated heterocycles. The molecule has 1 amide bonds. The van der Waals surface area contributed by atoms with Crippen molar-refractivity contribution >= 4 is 28.7 Å². The first-order valence-corrected chi connectivity index (χ1v) is 12.6. The zero-order valence-electron chi connectivity index (χ0n) is 21.3. The highest BCUT2D eigenvalue weighted by atomic mass is 32.2. The summed E-state index contributed by atoms with van der Waals surface area (Å²) in [5, 5.41) is 3.11. The Labute approximate surface area is 221 Å². The minimum absolute atomic E-state index is 0.00946. The molecule has 2 aromatic carbocycles. The molecule has 0 fully saturated rings. The lowest BCUT2D eigenvalue weighted by Crippen LogP contribution is -2.37. The van der Waals surface area contributed by atoms with Crippen LogP contribution in [0.15, 0.2) is 57.1 Å². The van der Waals surface area contributed by atoms with Gasteiger partial charge in [-0.3, -0.25) is 18.7 Å². The number of rotatable bonds is 9. The number of amides is 1. The molecule has 0 saturated carbocycles. The van der Waals surface area contributed by atoms with E-state index in [1.54, 1.807) is 26.4 Å². The Morgan fingerprint density at radius 3 is 2.47 bits per heavy atom. The van der Waals surface area contributed by atoms with Gasteiger partial charge in [-0.15, -0.1) is 0 Å². The van der Waals surface area contributed by atoms with Gasteiger partial charge in [0.05, 0.1) is 25.5 Å². The summed E-state index contributed by atoms with van der Waals surface area (Å²) in [4.78, 5) is 46.9. The molecule has 0 spiro atoms. The van der Waals surface area contributed by atoms with Crippen molar-refractivity contribution in [3.63, 3.8) is 0 Å². The molecule has 2 aromatic heterocycles. The fraction of sp³-hybridized carbons (Fsp3) is 0.269. The maximum atomic E-state index is 14.5. The molecular weight excluding hydrogens is 513 g/mol. The van der Waals surface area contributed by atoms with Crippen molar-refractivity contribution in [1.29, 1.82) is 0 Å². The molecule has 0 aliphatic heterocycles. The summed E-state index contributed by atoms with van der Waals surface area (Å²) in [6, 6.07) is 11.5. The molecule has 0 bridgehead atoms. The maximum absolute atomic E-state index is 14.5. The molecule has 10 nitrogen and oxygen atoms in total. The Hall–Kier alpha value is -4.19. The Morgan fingerprint density at radius 1 is 1.03 bits per heavy atom. The van der Waals surface area contributed by atoms with Crippen LogP contribution in [0.25, 0.3) is 22.4 Å². The molecule has 4 rings (SSSR count). The topological polar surface area (TPSA) is 117 Å². The summed E-state index contributed by atoms with van der Waals surface area (Å²) >= 11 is 1.02. The molecule has 12 heteroatoms. The second kappa shape index (κ2) is 11.5. The highest BCUT2D eigenvalue weighted by molar-refractivity contribution is 8.00. The van der Waals surface area contributed by atoms with Crippen molar-refractivity contribution < 1.29 is 18.7 Å². The Morgan fingerprint density at radius 2 is 1.76 bits per heavy atom. The van der Waals surface area contributed by atoms with E-state index >= 15 is 0 Å². The van der Waals surface area contributed by atoms with E-state index in [4.69, 9.17) is 9.47 Å². The van der Waals surface area contributed by atoms with Crippen molar-refractivity contribution in [2.24, 2.45) is 14.1 Å². The van der Waals surface area contributed by atoms with Crippen molar-refractivity contribution in [2.45, 2.75) is 11.4 Å². The lowest BCUT2D eigenvalue weighted by molar-refractivity contribution is -0.118. The van der Waals surface area contributed by atoms with E-state index in [-0.39, 0.29) is 39.1 Å². The number of halogens is 1. The van der Waals surface area contributed by atoms with Gasteiger partial charge in [-0.05, 0) is 36.2 Å². The number of fused-ring (bicyclic) bond motifs is 1. The number of nitrogens with zero attached hydrogens (tertiary/aromatic N) is 4. The number of aryl methyl sites for hydroxylation is 1. The molecule has 0 aliphatic rings. The third-order valence-electron chi connectivity index (χ3n) is 5.91. The molecule has 0 unspecified atom stereocenters. The first kappa shape index (κ1) is 26.9. The van der Waals surface area contributed by atoms with Crippen molar-refractivity contribution in [3.8, 4) is 22.9 Å². The maximum Gasteiger partial charge on any atom is 0.332 e. The predicted molar refractivity (Wildman–Crippen MR) is 142 cm³/mol. The van der Waals surface area contributed by atoms with Crippen LogP contribution in [0.5, 0.6) is 11.5 Å². The van der Waals surface area contributed by atoms with Crippen LogP contribution in [-0.4, -0.2) is 51.5 Å². The van der Waals surface area contributed by atoms with E-state index in [1.807, 2.05) is 12.1 Å². The lowest BCUT2D eigenvalue weighted by Gasteiger charge is -2.12. The van der Waals surface area contributed by atoms with Crippen LogP contribution in [0.1, 0.15) is 5.56 Å². The lowest BCUT2D eigenvalue weighted by atomic mass is 10.1. The summed E-state index contributed by atoms with van der Waals surface area (Å²) in [6.45, 7) is 0.371. The van der Waals surface area contributed by atoms with E-state index < -0.39 is 17.1 Å². The highest BCUT2D eigenvalue weighted by Gasteiger charge is 2.20. The van der Waals surface area contributed by atoms with Gasteiger partial charge in [0, 0.05) is 20.6 Å². The highest BCUT2D eigenvalue weighted by Crippen LogP contribution is 2.28. The van der Waals surface area contributed by atoms with Crippen LogP contribution in [-0.2, 0) is 25.3 Å². The summed E-state index contributed by atoms with van der Waals surface area (Å²) in [5.74, 6) is 0.341. The summed E-state index contributed by atoms with van der Waals surface area (Å²) in [6.07, 6.45) is 0.563. The van der Waals surface area contributed by atoms with E-state index in [9.17, 15) is 18.8 Å². The van der Waals surface area contributed by atoms with E-state index in [1.165, 1.54) is 36.9 Å². The number of nitrogens with one attached hydrogen (secondary N) is 1. The second-order valence-corrected chi connectivity index (χ2v) is 9.28. The van der Waals surface area contributed by atoms with Crippen molar-refractivity contribution in [3.05, 3.63) is 74.7 Å². The molecule has 2 heterocycles. The Balaban J connectivity index is 1.56. The number of aromatic nitrogens is 4. The number of methoxy groups -OCH3 is 2. The van der Waals surface area contributed by atoms with Gasteiger partial charge < -0.3 is 14.8 Å². The minimum atomic E-state index is -0.598. The number of hydrogen-bond donors (Lipinski definition) is 1. The fourth-order valence-electron chi connectivity index (χ4n) is 3.86. The molecule has 1 N–H and O–H groups in total. The van der Waals surface area contributed by atoms with Crippen LogP contribution in [0.4, 0.5) is 4.39 Å². The number of carbonyl (C=O) groups is 1. The molecule has 0 radical (unpaired) electrons. The van der Waals surface area contributed by atoms with Gasteiger partial charge in [-0.2, -0.15) is 0 Å². The monoisotopic (exact) mass is 539 g/mol. The summed E-state index contributed by atoms with van der Waals surface area (Å²) in [7, 11) is 5.94. The van der Waals surface area contributed by atoms with Gasteiger partial charge in [0.25, 0.3) is 5.56 Å². The molecule has 4 aromatic rings. The van der Waals surface area contributed by atoms with Gasteiger partial charge in [-0.1, -0.05) is 30.0 Å². The third kappa shape index (κ3) is 5.40. The first-order valence-electron chi connectivity index (χ1n) is 11.6. The third-order valence-corrected chi connectivity index (χ3v) is 6.88. The van der Waals surface area contributed by atoms with E-state index in [2.05, 4.69) is 15.3 Å². The molecule has 0 atom stereocenters. The molecule has 38 heavy (non-hydrogen) atoms. The van der Waals surface area contributed by atoms with Gasteiger partial charge in [0.15, 0.2) is 23.0 Å². The van der Waals surface area contributed by atoms with Crippen LogP contribution in [0, 0.1) is 5.82 Å². The second-order valence-electron chi connectivity index (χ2n) is 8.31. The number of ether oxygens (including phenoxy) is 2.